The van der Waals surface area contributed by atoms with E-state index >= 15 is 0 Å². The predicted molar refractivity (Wildman–Crippen MR) is 171 cm³/mol. The molecular weight excluding hydrogens is 552 g/mol. The Bertz CT molecular complexity index is 1500. The van der Waals surface area contributed by atoms with Gasteiger partial charge in [-0.3, -0.25) is 9.59 Å². The zero-order valence-electron chi connectivity index (χ0n) is 25.9. The lowest BCUT2D eigenvalue weighted by Gasteiger charge is -2.43. The second-order valence-corrected chi connectivity index (χ2v) is 13.1. The van der Waals surface area contributed by atoms with Gasteiger partial charge in [0, 0.05) is 31.0 Å². The van der Waals surface area contributed by atoms with E-state index in [1.54, 1.807) is 4.90 Å². The number of amides is 2. The summed E-state index contributed by atoms with van der Waals surface area (Å²) in [6.07, 6.45) is 2.64. The third kappa shape index (κ3) is 5.83. The molecule has 2 amide bonds. The number of likely N-dealkylation sites (tertiary alicyclic amines) is 1. The first-order valence-electron chi connectivity index (χ1n) is 15.7. The highest BCUT2D eigenvalue weighted by Gasteiger charge is 2.56. The molecule has 0 aromatic heterocycles. The molecule has 6 rings (SSSR count). The van der Waals surface area contributed by atoms with Gasteiger partial charge in [-0.1, -0.05) is 66.7 Å². The van der Waals surface area contributed by atoms with Gasteiger partial charge in [0.2, 0.25) is 5.91 Å². The standard InChI is InChI=1S/C36H42N4O4/c1-35(2,3)44-33(42)32(27-13-6-4-7-14-27)39-26-40(29-16-8-5-9-17-29)36(34(39)43)19-23-37(24-20-36)21-12-22-38-30-18-11-10-15-28(30)25-31(38)41/h4-11,13-18,32H,12,19-26H2,1-3H3/t32-/m0/s1. The first-order chi connectivity index (χ1) is 21.2. The Morgan fingerprint density at radius 3 is 2.18 bits per heavy atom. The zero-order chi connectivity index (χ0) is 30.9. The molecule has 3 aliphatic heterocycles. The normalized spacial score (nSPS) is 19.0. The molecule has 44 heavy (non-hydrogen) atoms. The van der Waals surface area contributed by atoms with Crippen LogP contribution in [0.4, 0.5) is 11.4 Å². The lowest BCUT2D eigenvalue weighted by Crippen LogP contribution is -2.57. The number of carbonyl (C=O) groups is 3. The molecule has 3 heterocycles. The highest BCUT2D eigenvalue weighted by atomic mass is 16.6. The van der Waals surface area contributed by atoms with Gasteiger partial charge in [-0.05, 0) is 75.9 Å². The second-order valence-electron chi connectivity index (χ2n) is 13.1. The summed E-state index contributed by atoms with van der Waals surface area (Å²) in [6.45, 7) is 8.93. The van der Waals surface area contributed by atoms with Gasteiger partial charge in [-0.15, -0.1) is 0 Å². The summed E-state index contributed by atoms with van der Waals surface area (Å²) in [5, 5.41) is 0. The fourth-order valence-corrected chi connectivity index (χ4v) is 6.95. The number of benzene rings is 3. The van der Waals surface area contributed by atoms with Crippen LogP contribution in [0.3, 0.4) is 0 Å². The van der Waals surface area contributed by atoms with Gasteiger partial charge in [0.15, 0.2) is 6.04 Å². The third-order valence-corrected chi connectivity index (χ3v) is 9.06. The number of nitrogens with zero attached hydrogens (tertiary/aromatic N) is 4. The molecule has 230 valence electrons. The van der Waals surface area contributed by atoms with E-state index in [0.717, 1.165) is 48.6 Å². The number of hydrogen-bond donors (Lipinski definition) is 0. The number of fused-ring (bicyclic) bond motifs is 1. The number of carbonyl (C=O) groups excluding carboxylic acids is 3. The number of anilines is 2. The summed E-state index contributed by atoms with van der Waals surface area (Å²) in [5.41, 5.74) is 2.41. The highest BCUT2D eigenvalue weighted by Crippen LogP contribution is 2.43. The van der Waals surface area contributed by atoms with Crippen molar-refractivity contribution < 1.29 is 19.1 Å². The fraction of sp³-hybridized carbons (Fsp3) is 0.417. The molecule has 2 fully saturated rings. The number of ether oxygens (including phenoxy) is 1. The summed E-state index contributed by atoms with van der Waals surface area (Å²) >= 11 is 0. The Labute approximate surface area is 260 Å². The Morgan fingerprint density at radius 2 is 1.50 bits per heavy atom. The number of para-hydroxylation sites is 2. The van der Waals surface area contributed by atoms with E-state index in [2.05, 4.69) is 9.80 Å². The monoisotopic (exact) mass is 594 g/mol. The van der Waals surface area contributed by atoms with Crippen molar-refractivity contribution in [3.63, 3.8) is 0 Å². The molecule has 0 bridgehead atoms. The van der Waals surface area contributed by atoms with Crippen LogP contribution in [-0.4, -0.2) is 71.6 Å². The van der Waals surface area contributed by atoms with E-state index in [1.807, 2.05) is 111 Å². The van der Waals surface area contributed by atoms with E-state index in [1.165, 1.54) is 0 Å². The van der Waals surface area contributed by atoms with Gasteiger partial charge in [0.25, 0.3) is 5.91 Å². The molecule has 1 spiro atoms. The van der Waals surface area contributed by atoms with Crippen LogP contribution in [0, 0.1) is 0 Å². The molecule has 3 aromatic rings. The predicted octanol–water partition coefficient (Wildman–Crippen LogP) is 5.19. The van der Waals surface area contributed by atoms with Crippen LogP contribution in [0.2, 0.25) is 0 Å². The van der Waals surface area contributed by atoms with Gasteiger partial charge in [-0.2, -0.15) is 0 Å². The van der Waals surface area contributed by atoms with Crippen molar-refractivity contribution in [2.45, 2.75) is 63.6 Å². The Balaban J connectivity index is 1.20. The SMILES string of the molecule is CC(C)(C)OC(=O)[C@H](c1ccccc1)N1CN(c2ccccc2)C2(CCN(CCCN3C(=O)Cc4ccccc43)CC2)C1=O. The number of piperidine rings is 1. The first kappa shape index (κ1) is 29.9. The molecular formula is C36H42N4O4. The van der Waals surface area contributed by atoms with Crippen molar-refractivity contribution in [2.24, 2.45) is 0 Å². The minimum atomic E-state index is -0.840. The van der Waals surface area contributed by atoms with E-state index in [-0.39, 0.29) is 11.8 Å². The molecule has 3 aliphatic rings. The highest BCUT2D eigenvalue weighted by molar-refractivity contribution is 6.01. The molecule has 8 heteroatoms. The van der Waals surface area contributed by atoms with Crippen molar-refractivity contribution in [3.8, 4) is 0 Å². The van der Waals surface area contributed by atoms with E-state index in [4.69, 9.17) is 4.74 Å². The van der Waals surface area contributed by atoms with E-state index in [0.29, 0.717) is 32.5 Å². The van der Waals surface area contributed by atoms with Crippen LogP contribution >= 0.6 is 0 Å². The van der Waals surface area contributed by atoms with Gasteiger partial charge in [0.1, 0.15) is 11.1 Å². The summed E-state index contributed by atoms with van der Waals surface area (Å²) in [7, 11) is 0. The van der Waals surface area contributed by atoms with E-state index < -0.39 is 23.2 Å². The van der Waals surface area contributed by atoms with Gasteiger partial charge >= 0.3 is 5.97 Å². The Morgan fingerprint density at radius 1 is 0.864 bits per heavy atom. The lowest BCUT2D eigenvalue weighted by atomic mass is 9.85. The molecule has 0 radical (unpaired) electrons. The minimum absolute atomic E-state index is 0.0278. The molecule has 0 unspecified atom stereocenters. The average molecular weight is 595 g/mol. The molecule has 0 aliphatic carbocycles. The van der Waals surface area contributed by atoms with Crippen LogP contribution in [0.5, 0.6) is 0 Å². The summed E-state index contributed by atoms with van der Waals surface area (Å²) in [4.78, 5) is 49.2. The van der Waals surface area contributed by atoms with Crippen molar-refractivity contribution in [3.05, 3.63) is 96.1 Å². The molecule has 3 aromatic carbocycles. The number of rotatable bonds is 8. The average Bonchev–Trinajstić information content (AvgIpc) is 3.47. The van der Waals surface area contributed by atoms with Crippen molar-refractivity contribution in [2.75, 3.05) is 42.6 Å². The van der Waals surface area contributed by atoms with Gasteiger partial charge in [-0.25, -0.2) is 4.79 Å². The third-order valence-electron chi connectivity index (χ3n) is 9.06. The van der Waals surface area contributed by atoms with Crippen molar-refractivity contribution in [1.82, 2.24) is 9.80 Å². The summed E-state index contributed by atoms with van der Waals surface area (Å²) < 4.78 is 5.88. The number of hydrogen-bond acceptors (Lipinski definition) is 6. The molecule has 8 nitrogen and oxygen atoms in total. The summed E-state index contributed by atoms with van der Waals surface area (Å²) in [5.74, 6) is -0.283. The first-order valence-corrected chi connectivity index (χ1v) is 15.7. The fourth-order valence-electron chi connectivity index (χ4n) is 6.95. The maximum Gasteiger partial charge on any atom is 0.334 e. The maximum atomic E-state index is 14.6. The summed E-state index contributed by atoms with van der Waals surface area (Å²) in [6, 6.07) is 26.7. The lowest BCUT2D eigenvalue weighted by molar-refractivity contribution is -0.164. The van der Waals surface area contributed by atoms with Crippen molar-refractivity contribution in [1.29, 1.82) is 0 Å². The topological polar surface area (TPSA) is 73.4 Å². The Kier molecular flexibility index (Phi) is 8.20. The maximum absolute atomic E-state index is 14.6. The van der Waals surface area contributed by atoms with Crippen molar-refractivity contribution >= 4 is 29.2 Å². The largest absolute Gasteiger partial charge is 0.458 e. The molecule has 0 saturated carbocycles. The van der Waals surface area contributed by atoms with Crippen LogP contribution in [0.1, 0.15) is 57.2 Å². The smallest absolute Gasteiger partial charge is 0.334 e. The second kappa shape index (κ2) is 12.1. The molecule has 2 saturated heterocycles. The Hall–Kier alpha value is -4.17. The zero-order valence-corrected chi connectivity index (χ0v) is 25.9. The van der Waals surface area contributed by atoms with Crippen LogP contribution in [0.15, 0.2) is 84.9 Å². The van der Waals surface area contributed by atoms with Gasteiger partial charge in [0.05, 0.1) is 13.1 Å². The van der Waals surface area contributed by atoms with E-state index in [9.17, 15) is 14.4 Å². The van der Waals surface area contributed by atoms with Crippen LogP contribution in [-0.2, 0) is 25.5 Å². The van der Waals surface area contributed by atoms with Crippen LogP contribution < -0.4 is 9.80 Å². The molecule has 0 N–H and O–H groups in total. The quantitative estimate of drug-likeness (QED) is 0.335. The van der Waals surface area contributed by atoms with Gasteiger partial charge < -0.3 is 24.3 Å². The molecule has 1 atom stereocenters. The van der Waals surface area contributed by atoms with Crippen LogP contribution in [0.25, 0.3) is 0 Å². The minimum Gasteiger partial charge on any atom is -0.458 e. The number of esters is 1.